The summed E-state index contributed by atoms with van der Waals surface area (Å²) in [4.78, 5) is 28.8. The van der Waals surface area contributed by atoms with E-state index in [2.05, 4.69) is 35.8 Å². The molecule has 1 fully saturated rings. The molecular weight excluding hydrogens is 490 g/mol. The number of halogens is 1. The number of nitrogens with zero attached hydrogens (tertiary/aromatic N) is 4. The maximum atomic E-state index is 12.9. The van der Waals surface area contributed by atoms with Gasteiger partial charge in [-0.2, -0.15) is 0 Å². The molecule has 0 spiro atoms. The first-order valence-corrected chi connectivity index (χ1v) is 13.0. The van der Waals surface area contributed by atoms with E-state index in [4.69, 9.17) is 16.3 Å². The first-order chi connectivity index (χ1) is 18.0. The number of anilines is 1. The largest absolute Gasteiger partial charge is 0.495 e. The fourth-order valence-electron chi connectivity index (χ4n) is 4.23. The van der Waals surface area contributed by atoms with Crippen LogP contribution in [0.5, 0.6) is 5.75 Å². The van der Waals surface area contributed by atoms with E-state index < -0.39 is 0 Å². The number of hydrogen-bond donors (Lipinski definition) is 3. The van der Waals surface area contributed by atoms with Gasteiger partial charge in [0.15, 0.2) is 5.82 Å². The Morgan fingerprint density at radius 1 is 1.16 bits per heavy atom. The summed E-state index contributed by atoms with van der Waals surface area (Å²) in [5.74, 6) is 1.64. The number of ether oxygens (including phenoxy) is 1. The highest BCUT2D eigenvalue weighted by molar-refractivity contribution is 6.33. The van der Waals surface area contributed by atoms with Gasteiger partial charge in [0.05, 0.1) is 25.0 Å². The van der Waals surface area contributed by atoms with Gasteiger partial charge in [0.2, 0.25) is 5.91 Å². The summed E-state index contributed by atoms with van der Waals surface area (Å²) in [7, 11) is 1.59. The van der Waals surface area contributed by atoms with Crippen molar-refractivity contribution in [1.29, 1.82) is 0 Å². The average molecular weight is 524 g/mol. The molecule has 3 N–H and O–H groups in total. The number of methoxy groups -OCH3 is 1. The molecule has 0 unspecified atom stereocenters. The molecule has 1 atom stereocenters. The fraction of sp³-hybridized carbons (Fsp3) is 0.407. The van der Waals surface area contributed by atoms with Crippen molar-refractivity contribution >= 4 is 23.3 Å². The van der Waals surface area contributed by atoms with Gasteiger partial charge >= 0.3 is 0 Å². The second-order valence-corrected chi connectivity index (χ2v) is 9.36. The fourth-order valence-corrected chi connectivity index (χ4v) is 4.38. The molecule has 0 radical (unpaired) electrons. The summed E-state index contributed by atoms with van der Waals surface area (Å²) in [6.45, 7) is 7.26. The molecule has 0 bridgehead atoms. The van der Waals surface area contributed by atoms with Crippen molar-refractivity contribution in [3.05, 3.63) is 64.9 Å². The van der Waals surface area contributed by atoms with Crippen LogP contribution in [-0.4, -0.2) is 72.1 Å². The molecule has 0 aliphatic carbocycles. The van der Waals surface area contributed by atoms with E-state index in [1.807, 2.05) is 43.3 Å². The quantitative estimate of drug-likeness (QED) is 0.351. The highest BCUT2D eigenvalue weighted by atomic mass is 35.5. The van der Waals surface area contributed by atoms with Crippen LogP contribution in [0, 0.1) is 6.92 Å². The van der Waals surface area contributed by atoms with E-state index in [0.717, 1.165) is 44.7 Å². The Hall–Kier alpha value is -3.27. The van der Waals surface area contributed by atoms with Gasteiger partial charge in [0.1, 0.15) is 22.3 Å². The van der Waals surface area contributed by atoms with Gasteiger partial charge in [0.25, 0.3) is 0 Å². The van der Waals surface area contributed by atoms with Crippen molar-refractivity contribution in [2.75, 3.05) is 51.7 Å². The first kappa shape index (κ1) is 26.8. The number of benzene rings is 1. The molecule has 4 rings (SSSR count). The molecule has 0 saturated carbocycles. The van der Waals surface area contributed by atoms with Crippen LogP contribution in [0.15, 0.2) is 48.7 Å². The predicted molar refractivity (Wildman–Crippen MR) is 146 cm³/mol. The standard InChI is InChI=1S/C27H34ClN7O2/c1-19-25(28)27(34-26(32-19)22-11-10-21(37-2)17-30-22)31-18-23(20-7-4-3-5-8-20)33-24(36)9-6-14-35-15-12-29-13-16-35/h3-5,7-8,10-11,17,23,29H,6,9,12-16,18H2,1-2H3,(H,33,36)(H,31,32,34)/t23-/m0/s1. The van der Waals surface area contributed by atoms with Gasteiger partial charge in [-0.15, -0.1) is 0 Å². The lowest BCUT2D eigenvalue weighted by atomic mass is 10.1. The van der Waals surface area contributed by atoms with Crippen LogP contribution in [0.25, 0.3) is 11.5 Å². The first-order valence-electron chi connectivity index (χ1n) is 12.6. The lowest BCUT2D eigenvalue weighted by molar-refractivity contribution is -0.121. The lowest BCUT2D eigenvalue weighted by Gasteiger charge is -2.27. The van der Waals surface area contributed by atoms with Crippen LogP contribution in [-0.2, 0) is 4.79 Å². The normalized spacial score (nSPS) is 14.7. The predicted octanol–water partition coefficient (Wildman–Crippen LogP) is 3.46. The van der Waals surface area contributed by atoms with Crippen molar-refractivity contribution in [2.24, 2.45) is 0 Å². The summed E-state index contributed by atoms with van der Waals surface area (Å²) in [6.07, 6.45) is 2.93. The van der Waals surface area contributed by atoms with E-state index in [9.17, 15) is 4.79 Å². The Balaban J connectivity index is 1.43. The molecule has 1 aliphatic heterocycles. The summed E-state index contributed by atoms with van der Waals surface area (Å²) < 4.78 is 5.19. The molecule has 10 heteroatoms. The maximum absolute atomic E-state index is 12.9. The number of aromatic nitrogens is 3. The van der Waals surface area contributed by atoms with Gasteiger partial charge in [-0.1, -0.05) is 41.9 Å². The zero-order valence-corrected chi connectivity index (χ0v) is 22.1. The van der Waals surface area contributed by atoms with Crippen molar-refractivity contribution in [2.45, 2.75) is 25.8 Å². The maximum Gasteiger partial charge on any atom is 0.220 e. The number of pyridine rings is 1. The number of aryl methyl sites for hydroxylation is 1. The number of carbonyl (C=O) groups excluding carboxylic acids is 1. The van der Waals surface area contributed by atoms with Crippen LogP contribution in [0.3, 0.4) is 0 Å². The molecule has 3 aromatic rings. The SMILES string of the molecule is COc1ccc(-c2nc(C)c(Cl)c(NC[C@H](NC(=O)CCCN3CCNCC3)c3ccccc3)n2)nc1. The van der Waals surface area contributed by atoms with E-state index in [-0.39, 0.29) is 11.9 Å². The minimum Gasteiger partial charge on any atom is -0.495 e. The Morgan fingerprint density at radius 3 is 2.65 bits per heavy atom. The summed E-state index contributed by atoms with van der Waals surface area (Å²) in [5.41, 5.74) is 2.26. The molecule has 196 valence electrons. The Kier molecular flexibility index (Phi) is 9.65. The van der Waals surface area contributed by atoms with Crippen molar-refractivity contribution in [3.63, 3.8) is 0 Å². The third-order valence-corrected chi connectivity index (χ3v) is 6.77. The van der Waals surface area contributed by atoms with Gasteiger partial charge in [0, 0.05) is 39.1 Å². The van der Waals surface area contributed by atoms with Crippen LogP contribution in [0.2, 0.25) is 5.02 Å². The molecule has 3 heterocycles. The molecule has 1 amide bonds. The monoisotopic (exact) mass is 523 g/mol. The van der Waals surface area contributed by atoms with Crippen molar-refractivity contribution in [1.82, 2.24) is 30.5 Å². The Labute approximate surface area is 223 Å². The zero-order valence-electron chi connectivity index (χ0n) is 21.3. The summed E-state index contributed by atoms with van der Waals surface area (Å²) in [5, 5.41) is 10.3. The Morgan fingerprint density at radius 2 is 1.95 bits per heavy atom. The van der Waals surface area contributed by atoms with E-state index >= 15 is 0 Å². The van der Waals surface area contributed by atoms with E-state index in [1.54, 1.807) is 19.4 Å². The topological polar surface area (TPSA) is 104 Å². The number of nitrogens with one attached hydrogen (secondary N) is 3. The second kappa shape index (κ2) is 13.3. The minimum atomic E-state index is -0.248. The number of rotatable bonds is 11. The summed E-state index contributed by atoms with van der Waals surface area (Å²) in [6, 6.07) is 13.3. The molecule has 1 aliphatic rings. The van der Waals surface area contributed by atoms with Crippen LogP contribution in [0.1, 0.15) is 30.1 Å². The van der Waals surface area contributed by atoms with Crippen molar-refractivity contribution < 1.29 is 9.53 Å². The third kappa shape index (κ3) is 7.61. The van der Waals surface area contributed by atoms with E-state index in [0.29, 0.717) is 46.8 Å². The third-order valence-electron chi connectivity index (χ3n) is 6.32. The highest BCUT2D eigenvalue weighted by Crippen LogP contribution is 2.27. The van der Waals surface area contributed by atoms with Crippen LogP contribution < -0.4 is 20.7 Å². The van der Waals surface area contributed by atoms with E-state index in [1.165, 1.54) is 0 Å². The van der Waals surface area contributed by atoms with Gasteiger partial charge in [-0.25, -0.2) is 15.0 Å². The number of piperazine rings is 1. The molecule has 2 aromatic heterocycles. The molecule has 1 aromatic carbocycles. The second-order valence-electron chi connectivity index (χ2n) is 8.99. The zero-order chi connectivity index (χ0) is 26.0. The lowest BCUT2D eigenvalue weighted by Crippen LogP contribution is -2.44. The smallest absolute Gasteiger partial charge is 0.220 e. The molecule has 37 heavy (non-hydrogen) atoms. The van der Waals surface area contributed by atoms with Gasteiger partial charge in [-0.05, 0) is 37.6 Å². The van der Waals surface area contributed by atoms with Crippen LogP contribution >= 0.6 is 11.6 Å². The average Bonchev–Trinajstić information content (AvgIpc) is 2.94. The van der Waals surface area contributed by atoms with Gasteiger partial charge in [-0.3, -0.25) is 4.79 Å². The number of amides is 1. The number of carbonyl (C=O) groups is 1. The number of hydrogen-bond acceptors (Lipinski definition) is 8. The Bertz CT molecular complexity index is 1160. The van der Waals surface area contributed by atoms with Gasteiger partial charge < -0.3 is 25.6 Å². The van der Waals surface area contributed by atoms with Crippen molar-refractivity contribution in [3.8, 4) is 17.3 Å². The summed E-state index contributed by atoms with van der Waals surface area (Å²) >= 11 is 6.55. The molecule has 1 saturated heterocycles. The molecule has 9 nitrogen and oxygen atoms in total. The highest BCUT2D eigenvalue weighted by Gasteiger charge is 2.18. The molecular formula is C27H34ClN7O2. The van der Waals surface area contributed by atoms with Crippen LogP contribution in [0.4, 0.5) is 5.82 Å². The minimum absolute atomic E-state index is 0.0267.